The normalized spacial score (nSPS) is 10.9. The number of carbonyl (C=O) groups is 1. The smallest absolute Gasteiger partial charge is 0.255 e. The van der Waals surface area contributed by atoms with Crippen molar-refractivity contribution >= 4 is 28.9 Å². The summed E-state index contributed by atoms with van der Waals surface area (Å²) in [6.45, 7) is 3.32. The molecule has 0 saturated carbocycles. The summed E-state index contributed by atoms with van der Waals surface area (Å²) in [6, 6.07) is 18.3. The number of pyridine rings is 1. The van der Waals surface area contributed by atoms with Crippen LogP contribution in [0.25, 0.3) is 11.3 Å². The van der Waals surface area contributed by atoms with E-state index in [-0.39, 0.29) is 5.91 Å². The lowest BCUT2D eigenvalue weighted by atomic mass is 10.1. The summed E-state index contributed by atoms with van der Waals surface area (Å²) >= 11 is 6.51. The number of rotatable bonds is 7. The Bertz CT molecular complexity index is 1260. The third kappa shape index (κ3) is 5.39. The number of para-hydroxylation sites is 2. The highest BCUT2D eigenvalue weighted by atomic mass is 35.5. The summed E-state index contributed by atoms with van der Waals surface area (Å²) < 4.78 is 1.86. The number of halogens is 1. The predicted octanol–water partition coefficient (Wildman–Crippen LogP) is 4.57. The molecule has 0 radical (unpaired) electrons. The fourth-order valence-electron chi connectivity index (χ4n) is 3.43. The van der Waals surface area contributed by atoms with Crippen LogP contribution in [0.15, 0.2) is 66.9 Å². The van der Waals surface area contributed by atoms with Crippen molar-refractivity contribution in [2.45, 2.75) is 20.0 Å². The Balaban J connectivity index is 1.39. The SMILES string of the molecule is Cc1cc(CNCc2cnc(-c3ccc(C(=O)Nc4ccccc4N)cc3)c(Cl)c2)nn1C. The first kappa shape index (κ1) is 22.5. The van der Waals surface area contributed by atoms with Gasteiger partial charge in [0.15, 0.2) is 0 Å². The van der Waals surface area contributed by atoms with Crippen LogP contribution in [0.4, 0.5) is 11.4 Å². The molecule has 0 unspecified atom stereocenters. The van der Waals surface area contributed by atoms with E-state index in [1.54, 1.807) is 30.5 Å². The third-order valence-electron chi connectivity index (χ3n) is 5.33. The van der Waals surface area contributed by atoms with Crippen LogP contribution >= 0.6 is 11.6 Å². The van der Waals surface area contributed by atoms with Gasteiger partial charge in [0, 0.05) is 43.2 Å². The zero-order valence-corrected chi connectivity index (χ0v) is 19.2. The van der Waals surface area contributed by atoms with E-state index in [1.165, 1.54) is 0 Å². The van der Waals surface area contributed by atoms with Gasteiger partial charge in [0.05, 0.1) is 27.8 Å². The van der Waals surface area contributed by atoms with Crippen LogP contribution in [0.1, 0.15) is 27.3 Å². The Labute approximate surface area is 197 Å². The minimum absolute atomic E-state index is 0.233. The predicted molar refractivity (Wildman–Crippen MR) is 132 cm³/mol. The van der Waals surface area contributed by atoms with Gasteiger partial charge in [-0.15, -0.1) is 0 Å². The van der Waals surface area contributed by atoms with Crippen LogP contribution in [-0.4, -0.2) is 20.7 Å². The molecule has 4 N–H and O–H groups in total. The zero-order chi connectivity index (χ0) is 23.4. The van der Waals surface area contributed by atoms with Crippen LogP contribution in [0.2, 0.25) is 5.02 Å². The number of hydrogen-bond donors (Lipinski definition) is 3. The van der Waals surface area contributed by atoms with Crippen LogP contribution in [-0.2, 0) is 20.1 Å². The number of anilines is 2. The highest BCUT2D eigenvalue weighted by Crippen LogP contribution is 2.27. The number of nitrogens with one attached hydrogen (secondary N) is 2. The van der Waals surface area contributed by atoms with Gasteiger partial charge in [-0.05, 0) is 48.9 Å². The molecule has 0 spiro atoms. The van der Waals surface area contributed by atoms with Crippen LogP contribution < -0.4 is 16.4 Å². The minimum atomic E-state index is -0.233. The monoisotopic (exact) mass is 460 g/mol. The van der Waals surface area contributed by atoms with Crippen molar-refractivity contribution in [3.63, 3.8) is 0 Å². The van der Waals surface area contributed by atoms with Gasteiger partial charge in [-0.2, -0.15) is 5.10 Å². The lowest BCUT2D eigenvalue weighted by molar-refractivity contribution is 0.102. The van der Waals surface area contributed by atoms with Crippen molar-refractivity contribution in [1.29, 1.82) is 0 Å². The van der Waals surface area contributed by atoms with Gasteiger partial charge in [0.25, 0.3) is 5.91 Å². The van der Waals surface area contributed by atoms with Crippen molar-refractivity contribution in [3.8, 4) is 11.3 Å². The fraction of sp³-hybridized carbons (Fsp3) is 0.160. The zero-order valence-electron chi connectivity index (χ0n) is 18.5. The molecular formula is C25H25ClN6O. The van der Waals surface area contributed by atoms with E-state index in [0.717, 1.165) is 22.5 Å². The number of nitrogens with two attached hydrogens (primary N) is 1. The molecule has 0 atom stereocenters. The maximum Gasteiger partial charge on any atom is 0.255 e. The van der Waals surface area contributed by atoms with E-state index in [0.29, 0.717) is 40.7 Å². The standard InChI is InChI=1S/C25H25ClN6O/c1-16-11-20(31-32(16)2)15-28-13-17-12-21(26)24(29-14-17)18-7-9-19(10-8-18)25(33)30-23-6-4-3-5-22(23)27/h3-12,14,28H,13,15,27H2,1-2H3,(H,30,33). The third-order valence-corrected chi connectivity index (χ3v) is 5.62. The molecule has 0 saturated heterocycles. The van der Waals surface area contributed by atoms with Crippen molar-refractivity contribution in [2.24, 2.45) is 7.05 Å². The number of nitrogens with zero attached hydrogens (tertiary/aromatic N) is 3. The second-order valence-electron chi connectivity index (χ2n) is 7.80. The van der Waals surface area contributed by atoms with Gasteiger partial charge < -0.3 is 16.4 Å². The van der Waals surface area contributed by atoms with Crippen LogP contribution in [0.3, 0.4) is 0 Å². The molecule has 2 aromatic carbocycles. The van der Waals surface area contributed by atoms with Gasteiger partial charge in [-0.3, -0.25) is 14.5 Å². The number of amides is 1. The van der Waals surface area contributed by atoms with Gasteiger partial charge in [-0.1, -0.05) is 35.9 Å². The maximum atomic E-state index is 12.5. The van der Waals surface area contributed by atoms with E-state index in [1.807, 2.05) is 49.0 Å². The molecule has 168 valence electrons. The molecule has 7 nitrogen and oxygen atoms in total. The number of nitrogen functional groups attached to an aromatic ring is 1. The molecule has 0 aliphatic heterocycles. The van der Waals surface area contributed by atoms with E-state index >= 15 is 0 Å². The second-order valence-corrected chi connectivity index (χ2v) is 8.20. The first-order valence-electron chi connectivity index (χ1n) is 10.5. The largest absolute Gasteiger partial charge is 0.397 e. The molecule has 0 fully saturated rings. The molecule has 8 heteroatoms. The quantitative estimate of drug-likeness (QED) is 0.351. The molecule has 0 aliphatic rings. The van der Waals surface area contributed by atoms with Gasteiger partial charge in [-0.25, -0.2) is 0 Å². The number of hydrogen-bond acceptors (Lipinski definition) is 5. The first-order chi connectivity index (χ1) is 15.9. The summed E-state index contributed by atoms with van der Waals surface area (Å²) in [6.07, 6.45) is 1.80. The first-order valence-corrected chi connectivity index (χ1v) is 10.9. The highest BCUT2D eigenvalue weighted by Gasteiger charge is 2.11. The summed E-state index contributed by atoms with van der Waals surface area (Å²) in [5, 5.41) is 11.2. The Hall–Kier alpha value is -3.68. The lowest BCUT2D eigenvalue weighted by Crippen LogP contribution is -2.13. The number of aromatic nitrogens is 3. The minimum Gasteiger partial charge on any atom is -0.397 e. The van der Waals surface area contributed by atoms with E-state index in [9.17, 15) is 4.79 Å². The Morgan fingerprint density at radius 2 is 1.85 bits per heavy atom. The van der Waals surface area contributed by atoms with Gasteiger partial charge in [0.1, 0.15) is 0 Å². The molecular weight excluding hydrogens is 436 g/mol. The molecule has 1 amide bonds. The molecule has 0 aliphatic carbocycles. The topological polar surface area (TPSA) is 97.9 Å². The van der Waals surface area contributed by atoms with Crippen molar-refractivity contribution in [1.82, 2.24) is 20.1 Å². The Morgan fingerprint density at radius 1 is 1.09 bits per heavy atom. The second kappa shape index (κ2) is 9.85. The number of carbonyl (C=O) groups excluding carboxylic acids is 1. The van der Waals surface area contributed by atoms with Gasteiger partial charge in [0.2, 0.25) is 0 Å². The summed E-state index contributed by atoms with van der Waals surface area (Å²) in [7, 11) is 1.93. The van der Waals surface area contributed by atoms with Crippen LogP contribution in [0.5, 0.6) is 0 Å². The average Bonchev–Trinajstić information content (AvgIpc) is 3.12. The van der Waals surface area contributed by atoms with Crippen molar-refractivity contribution in [2.75, 3.05) is 11.1 Å². The molecule has 33 heavy (non-hydrogen) atoms. The summed E-state index contributed by atoms with van der Waals surface area (Å²) in [5.41, 5.74) is 12.1. The van der Waals surface area contributed by atoms with Crippen molar-refractivity contribution < 1.29 is 4.79 Å². The van der Waals surface area contributed by atoms with Crippen molar-refractivity contribution in [3.05, 3.63) is 94.4 Å². The fourth-order valence-corrected chi connectivity index (χ4v) is 3.73. The maximum absolute atomic E-state index is 12.5. The molecule has 2 heterocycles. The number of benzene rings is 2. The molecule has 4 aromatic rings. The van der Waals surface area contributed by atoms with Crippen LogP contribution in [0, 0.1) is 6.92 Å². The molecule has 0 bridgehead atoms. The lowest BCUT2D eigenvalue weighted by Gasteiger charge is -2.10. The van der Waals surface area contributed by atoms with Gasteiger partial charge >= 0.3 is 0 Å². The Morgan fingerprint density at radius 3 is 2.52 bits per heavy atom. The highest BCUT2D eigenvalue weighted by molar-refractivity contribution is 6.33. The summed E-state index contributed by atoms with van der Waals surface area (Å²) in [5.74, 6) is -0.233. The average molecular weight is 461 g/mol. The van der Waals surface area contributed by atoms with E-state index in [2.05, 4.69) is 26.8 Å². The number of aryl methyl sites for hydroxylation is 2. The van der Waals surface area contributed by atoms with E-state index in [4.69, 9.17) is 17.3 Å². The summed E-state index contributed by atoms with van der Waals surface area (Å²) in [4.78, 5) is 17.1. The molecule has 4 rings (SSSR count). The Kier molecular flexibility index (Phi) is 6.72. The molecule has 2 aromatic heterocycles. The van der Waals surface area contributed by atoms with E-state index < -0.39 is 0 Å².